The maximum Gasteiger partial charge on any atom is 0.272 e. The third-order valence-electron chi connectivity index (χ3n) is 4.15. The van der Waals surface area contributed by atoms with Crippen LogP contribution in [0, 0.1) is 0 Å². The summed E-state index contributed by atoms with van der Waals surface area (Å²) in [5.41, 5.74) is 2.75. The zero-order chi connectivity index (χ0) is 18.1. The van der Waals surface area contributed by atoms with Gasteiger partial charge in [0, 0.05) is 51.0 Å². The second-order valence-electron chi connectivity index (χ2n) is 6.22. The highest BCUT2D eigenvalue weighted by Crippen LogP contribution is 2.16. The van der Waals surface area contributed by atoms with Gasteiger partial charge in [-0.1, -0.05) is 13.8 Å². The van der Waals surface area contributed by atoms with Crippen molar-refractivity contribution < 1.29 is 4.79 Å². The lowest BCUT2D eigenvalue weighted by molar-refractivity contribution is 0.0791. The normalized spacial score (nSPS) is 10.5. The summed E-state index contributed by atoms with van der Waals surface area (Å²) in [5, 5.41) is 0. The van der Waals surface area contributed by atoms with Crippen molar-refractivity contribution in [2.45, 2.75) is 33.1 Å². The number of carbonyl (C=O) groups is 1. The predicted octanol–water partition coefficient (Wildman–Crippen LogP) is 3.42. The van der Waals surface area contributed by atoms with E-state index in [0.717, 1.165) is 38.0 Å². The number of hydrogen-bond donors (Lipinski definition) is 0. The van der Waals surface area contributed by atoms with Gasteiger partial charge in [-0.3, -0.25) is 14.8 Å². The number of carbonyl (C=O) groups excluding carboxylic acids is 1. The molecule has 134 valence electrons. The van der Waals surface area contributed by atoms with Crippen molar-refractivity contribution in [3.05, 3.63) is 54.1 Å². The first-order valence-electron chi connectivity index (χ1n) is 9.01. The lowest BCUT2D eigenvalue weighted by Gasteiger charge is -2.24. The lowest BCUT2D eigenvalue weighted by Crippen LogP contribution is -2.30. The molecule has 0 bridgehead atoms. The Bertz CT molecular complexity index is 654. The van der Waals surface area contributed by atoms with Gasteiger partial charge in [0.2, 0.25) is 0 Å². The SMILES string of the molecule is CCCN(CCC)c1ccnc(C(=O)N(C)CCc2ccncc2)c1. The predicted molar refractivity (Wildman–Crippen MR) is 102 cm³/mol. The molecular weight excluding hydrogens is 312 g/mol. The van der Waals surface area contributed by atoms with Crippen LogP contribution in [0.4, 0.5) is 5.69 Å². The fourth-order valence-corrected chi connectivity index (χ4v) is 2.79. The number of likely N-dealkylation sites (N-methyl/N-ethyl adjacent to an activating group) is 1. The molecular formula is C20H28N4O. The fourth-order valence-electron chi connectivity index (χ4n) is 2.79. The molecule has 0 fully saturated rings. The van der Waals surface area contributed by atoms with E-state index >= 15 is 0 Å². The highest BCUT2D eigenvalue weighted by atomic mass is 16.2. The van der Waals surface area contributed by atoms with E-state index in [-0.39, 0.29) is 5.91 Å². The van der Waals surface area contributed by atoms with E-state index in [1.807, 2.05) is 31.3 Å². The first kappa shape index (κ1) is 18.9. The maximum absolute atomic E-state index is 12.7. The van der Waals surface area contributed by atoms with Crippen molar-refractivity contribution in [3.8, 4) is 0 Å². The molecule has 2 rings (SSSR count). The van der Waals surface area contributed by atoms with Crippen LogP contribution in [0.2, 0.25) is 0 Å². The number of anilines is 1. The van der Waals surface area contributed by atoms with Gasteiger partial charge in [0.25, 0.3) is 5.91 Å². The molecule has 0 unspecified atom stereocenters. The summed E-state index contributed by atoms with van der Waals surface area (Å²) in [7, 11) is 1.83. The summed E-state index contributed by atoms with van der Waals surface area (Å²) in [4.78, 5) is 25.0. The van der Waals surface area contributed by atoms with E-state index in [1.165, 1.54) is 5.56 Å². The molecule has 0 aromatic carbocycles. The van der Waals surface area contributed by atoms with Gasteiger partial charge in [-0.15, -0.1) is 0 Å². The van der Waals surface area contributed by atoms with Gasteiger partial charge in [-0.25, -0.2) is 0 Å². The average molecular weight is 340 g/mol. The Kier molecular flexibility index (Phi) is 7.38. The van der Waals surface area contributed by atoms with Crippen LogP contribution >= 0.6 is 0 Å². The first-order chi connectivity index (χ1) is 12.2. The highest BCUT2D eigenvalue weighted by Gasteiger charge is 2.15. The van der Waals surface area contributed by atoms with Crippen LogP contribution in [0.5, 0.6) is 0 Å². The van der Waals surface area contributed by atoms with Gasteiger partial charge in [0.1, 0.15) is 5.69 Å². The Morgan fingerprint density at radius 2 is 1.68 bits per heavy atom. The van der Waals surface area contributed by atoms with Gasteiger partial charge in [0.15, 0.2) is 0 Å². The molecule has 0 saturated heterocycles. The van der Waals surface area contributed by atoms with Crippen LogP contribution in [-0.4, -0.2) is 47.5 Å². The van der Waals surface area contributed by atoms with Crippen LogP contribution in [0.3, 0.4) is 0 Å². The third kappa shape index (κ3) is 5.55. The number of hydrogen-bond acceptors (Lipinski definition) is 4. The molecule has 5 heteroatoms. The molecule has 25 heavy (non-hydrogen) atoms. The summed E-state index contributed by atoms with van der Waals surface area (Å²) < 4.78 is 0. The zero-order valence-electron chi connectivity index (χ0n) is 15.5. The molecule has 0 radical (unpaired) electrons. The Balaban J connectivity index is 2.04. The van der Waals surface area contributed by atoms with Gasteiger partial charge in [0.05, 0.1) is 0 Å². The van der Waals surface area contributed by atoms with Crippen molar-refractivity contribution in [2.24, 2.45) is 0 Å². The highest BCUT2D eigenvalue weighted by molar-refractivity contribution is 5.93. The minimum Gasteiger partial charge on any atom is -0.371 e. The van der Waals surface area contributed by atoms with Crippen LogP contribution in [0.15, 0.2) is 42.9 Å². The largest absolute Gasteiger partial charge is 0.371 e. The number of rotatable bonds is 9. The van der Waals surface area contributed by atoms with E-state index in [0.29, 0.717) is 12.2 Å². The van der Waals surface area contributed by atoms with Crippen molar-refractivity contribution in [1.29, 1.82) is 0 Å². The molecule has 1 amide bonds. The molecule has 2 aromatic heterocycles. The van der Waals surface area contributed by atoms with Crippen molar-refractivity contribution in [1.82, 2.24) is 14.9 Å². The minimum absolute atomic E-state index is 0.0381. The van der Waals surface area contributed by atoms with Gasteiger partial charge in [-0.05, 0) is 49.1 Å². The minimum atomic E-state index is -0.0381. The van der Waals surface area contributed by atoms with E-state index in [9.17, 15) is 4.79 Å². The number of nitrogens with zero attached hydrogens (tertiary/aromatic N) is 4. The summed E-state index contributed by atoms with van der Waals surface area (Å²) in [6, 6.07) is 7.85. The van der Waals surface area contributed by atoms with E-state index in [2.05, 4.69) is 28.7 Å². The Hall–Kier alpha value is -2.43. The molecule has 2 heterocycles. The number of amides is 1. The molecule has 5 nitrogen and oxygen atoms in total. The topological polar surface area (TPSA) is 49.3 Å². The molecule has 0 atom stereocenters. The molecule has 0 aliphatic rings. The Labute approximate surface area is 150 Å². The first-order valence-corrected chi connectivity index (χ1v) is 9.01. The monoisotopic (exact) mass is 340 g/mol. The molecule has 0 aliphatic carbocycles. The van der Waals surface area contributed by atoms with Gasteiger partial charge < -0.3 is 9.80 Å². The van der Waals surface area contributed by atoms with Crippen LogP contribution in [-0.2, 0) is 6.42 Å². The lowest BCUT2D eigenvalue weighted by atomic mass is 10.2. The number of aromatic nitrogens is 2. The smallest absolute Gasteiger partial charge is 0.272 e. The molecule has 0 saturated carbocycles. The van der Waals surface area contributed by atoms with Gasteiger partial charge >= 0.3 is 0 Å². The maximum atomic E-state index is 12.7. The zero-order valence-corrected chi connectivity index (χ0v) is 15.5. The third-order valence-corrected chi connectivity index (χ3v) is 4.15. The van der Waals surface area contributed by atoms with Gasteiger partial charge in [-0.2, -0.15) is 0 Å². The van der Waals surface area contributed by atoms with E-state index in [4.69, 9.17) is 0 Å². The summed E-state index contributed by atoms with van der Waals surface area (Å²) in [6.45, 7) is 6.97. The summed E-state index contributed by atoms with van der Waals surface area (Å²) >= 11 is 0. The van der Waals surface area contributed by atoms with Crippen molar-refractivity contribution in [2.75, 3.05) is 31.6 Å². The second kappa shape index (κ2) is 9.77. The fraction of sp³-hybridized carbons (Fsp3) is 0.450. The van der Waals surface area contributed by atoms with Crippen molar-refractivity contribution in [3.63, 3.8) is 0 Å². The van der Waals surface area contributed by atoms with Crippen LogP contribution in [0.25, 0.3) is 0 Å². The Morgan fingerprint density at radius 1 is 1.00 bits per heavy atom. The molecule has 0 N–H and O–H groups in total. The average Bonchev–Trinajstić information content (AvgIpc) is 2.66. The summed E-state index contributed by atoms with van der Waals surface area (Å²) in [6.07, 6.45) is 8.26. The molecule has 0 spiro atoms. The quantitative estimate of drug-likeness (QED) is 0.702. The van der Waals surface area contributed by atoms with Crippen LogP contribution < -0.4 is 4.90 Å². The summed E-state index contributed by atoms with van der Waals surface area (Å²) in [5.74, 6) is -0.0381. The molecule has 2 aromatic rings. The standard InChI is InChI=1S/C20H28N4O/c1-4-13-24(14-5-2)18-8-12-22-19(16-18)20(25)23(3)15-9-17-6-10-21-11-7-17/h6-8,10-12,16H,4-5,9,13-15H2,1-3H3. The Morgan fingerprint density at radius 3 is 2.32 bits per heavy atom. The van der Waals surface area contributed by atoms with Crippen LogP contribution in [0.1, 0.15) is 42.7 Å². The number of pyridine rings is 2. The van der Waals surface area contributed by atoms with E-state index in [1.54, 1.807) is 23.5 Å². The second-order valence-corrected chi connectivity index (χ2v) is 6.22. The molecule has 0 aliphatic heterocycles. The van der Waals surface area contributed by atoms with Crippen molar-refractivity contribution >= 4 is 11.6 Å². The van der Waals surface area contributed by atoms with E-state index < -0.39 is 0 Å².